The van der Waals surface area contributed by atoms with Crippen LogP contribution in [-0.4, -0.2) is 69.0 Å². The van der Waals surface area contributed by atoms with Crippen LogP contribution in [0.1, 0.15) is 141 Å². The number of fused-ring (bicyclic) bond motifs is 2. The van der Waals surface area contributed by atoms with Crippen LogP contribution in [0.5, 0.6) is 0 Å². The van der Waals surface area contributed by atoms with Crippen molar-refractivity contribution in [3.8, 4) is 0 Å². The predicted octanol–water partition coefficient (Wildman–Crippen LogP) is 5.90. The summed E-state index contributed by atoms with van der Waals surface area (Å²) in [6, 6.07) is 0.585. The number of piperidine rings is 2. The van der Waals surface area contributed by atoms with Crippen LogP contribution in [0.25, 0.3) is 0 Å². The Kier molecular flexibility index (Phi) is 9.21. The number of hydrogen-bond donors (Lipinski definition) is 4. The van der Waals surface area contributed by atoms with E-state index in [4.69, 9.17) is 20.3 Å². The quantitative estimate of drug-likeness (QED) is 0.253. The lowest BCUT2D eigenvalue weighted by atomic mass is 9.73. The lowest BCUT2D eigenvalue weighted by Crippen LogP contribution is -2.76. The van der Waals surface area contributed by atoms with Crippen LogP contribution in [0.15, 0.2) is 15.0 Å². The molecule has 2 bridgehead atoms. The first-order valence-electron chi connectivity index (χ1n) is 16.9. The van der Waals surface area contributed by atoms with E-state index in [2.05, 4.69) is 118 Å². The molecule has 2 unspecified atom stereocenters. The number of unbranched alkanes of at least 4 members (excludes halogenated alkanes) is 1. The van der Waals surface area contributed by atoms with Gasteiger partial charge in [0.05, 0.1) is 0 Å². The Morgan fingerprint density at radius 3 is 1.79 bits per heavy atom. The molecule has 0 spiro atoms. The molecule has 2 radical (unpaired) electrons. The third-order valence-corrected chi connectivity index (χ3v) is 9.17. The van der Waals surface area contributed by atoms with Crippen molar-refractivity contribution in [2.24, 2.45) is 20.4 Å². The topological polar surface area (TPSA) is 99.3 Å². The summed E-state index contributed by atoms with van der Waals surface area (Å²) in [4.78, 5) is 15.2. The maximum atomic E-state index is 5.80. The van der Waals surface area contributed by atoms with E-state index in [0.29, 0.717) is 12.0 Å². The molecule has 0 aromatic rings. The zero-order valence-electron chi connectivity index (χ0n) is 29.9. The second kappa shape index (κ2) is 11.5. The van der Waals surface area contributed by atoms with E-state index >= 15 is 0 Å². The molecule has 8 nitrogen and oxygen atoms in total. The van der Waals surface area contributed by atoms with Gasteiger partial charge in [-0.05, 0) is 113 Å². The fourth-order valence-electron chi connectivity index (χ4n) is 9.14. The Hall–Kier alpha value is -1.35. The van der Waals surface area contributed by atoms with Gasteiger partial charge in [-0.15, -0.1) is 0 Å². The van der Waals surface area contributed by atoms with Crippen molar-refractivity contribution >= 4 is 17.6 Å². The standard InChI is InChI=1S/C35H64N8/c1-15-16-17-25(36-23-18-30(5,6)42-31(7,8)19-23)35(40-24-20-32(9,10)43-33(11,12)21-24)26-37-27(35)39-28(38-26)41-34(13,14)22-29(2,3)4/h23-25,36,42-43H,1,15-22H2,2-14H3,(H,37,38,39,41). The summed E-state index contributed by atoms with van der Waals surface area (Å²) in [5.41, 5.74) is -0.539. The van der Waals surface area contributed by atoms with Gasteiger partial charge in [0.25, 0.3) is 0 Å². The summed E-state index contributed by atoms with van der Waals surface area (Å²) < 4.78 is 0. The second-order valence-corrected chi connectivity index (χ2v) is 18.6. The number of nitrogens with one attached hydrogen (secondary N) is 4. The van der Waals surface area contributed by atoms with Crippen LogP contribution in [0.2, 0.25) is 0 Å². The highest BCUT2D eigenvalue weighted by Gasteiger charge is 2.60. The van der Waals surface area contributed by atoms with E-state index in [1.807, 2.05) is 0 Å². The summed E-state index contributed by atoms with van der Waals surface area (Å²) >= 11 is 0. The van der Waals surface area contributed by atoms with Crippen LogP contribution in [-0.2, 0) is 0 Å². The fourth-order valence-corrected chi connectivity index (χ4v) is 9.14. The highest BCUT2D eigenvalue weighted by Crippen LogP contribution is 2.40. The molecule has 8 heteroatoms. The first-order valence-corrected chi connectivity index (χ1v) is 16.9. The number of hydrogen-bond acceptors (Lipinski definition) is 7. The van der Waals surface area contributed by atoms with Gasteiger partial charge in [0.1, 0.15) is 0 Å². The second-order valence-electron chi connectivity index (χ2n) is 18.6. The normalized spacial score (nSPS) is 29.2. The molecular formula is C35H64N8. The first-order chi connectivity index (χ1) is 19.4. The van der Waals surface area contributed by atoms with E-state index in [1.54, 1.807) is 0 Å². The van der Waals surface area contributed by atoms with E-state index in [-0.39, 0.29) is 45.2 Å². The maximum Gasteiger partial charge on any atom is 0.226 e. The molecule has 0 aromatic heterocycles. The zero-order valence-corrected chi connectivity index (χ0v) is 29.9. The molecule has 2 atom stereocenters. The molecule has 4 aliphatic rings. The molecule has 2 fully saturated rings. The van der Waals surface area contributed by atoms with E-state index in [1.165, 1.54) is 0 Å². The Morgan fingerprint density at radius 1 is 0.814 bits per heavy atom. The summed E-state index contributed by atoms with van der Waals surface area (Å²) in [5, 5.41) is 21.3. The Balaban J connectivity index is 1.69. The van der Waals surface area contributed by atoms with E-state index in [0.717, 1.165) is 63.0 Å². The Labute approximate surface area is 264 Å². The molecule has 0 saturated carbocycles. The van der Waals surface area contributed by atoms with Gasteiger partial charge in [0, 0.05) is 45.8 Å². The van der Waals surface area contributed by atoms with Crippen LogP contribution in [0.3, 0.4) is 0 Å². The third kappa shape index (κ3) is 8.47. The molecular weight excluding hydrogens is 532 g/mol. The van der Waals surface area contributed by atoms with Crippen LogP contribution in [0, 0.1) is 12.3 Å². The summed E-state index contributed by atoms with van der Waals surface area (Å²) in [7, 11) is 0. The minimum absolute atomic E-state index is 0.00804. The number of amidine groups is 2. The summed E-state index contributed by atoms with van der Waals surface area (Å²) in [6.45, 7) is 34.0. The van der Waals surface area contributed by atoms with Crippen molar-refractivity contribution in [2.75, 3.05) is 0 Å². The molecule has 0 amide bonds. The highest BCUT2D eigenvalue weighted by molar-refractivity contribution is 6.34. The minimum Gasteiger partial charge on any atom is -0.349 e. The minimum atomic E-state index is -0.651. The molecule has 4 aliphatic heterocycles. The highest BCUT2D eigenvalue weighted by atomic mass is 15.4. The molecule has 2 saturated heterocycles. The zero-order chi connectivity index (χ0) is 32.3. The monoisotopic (exact) mass is 597 g/mol. The lowest BCUT2D eigenvalue weighted by Gasteiger charge is -2.54. The van der Waals surface area contributed by atoms with E-state index in [9.17, 15) is 0 Å². The van der Waals surface area contributed by atoms with Gasteiger partial charge < -0.3 is 21.3 Å². The van der Waals surface area contributed by atoms with Crippen molar-refractivity contribution in [2.45, 2.75) is 193 Å². The number of rotatable bonds is 10. The van der Waals surface area contributed by atoms with E-state index < -0.39 is 5.54 Å². The van der Waals surface area contributed by atoms with Gasteiger partial charge in [-0.1, -0.05) is 40.5 Å². The average Bonchev–Trinajstić information content (AvgIpc) is 2.74. The van der Waals surface area contributed by atoms with Gasteiger partial charge in [0.2, 0.25) is 5.96 Å². The Morgan fingerprint density at radius 2 is 1.33 bits per heavy atom. The summed E-state index contributed by atoms with van der Waals surface area (Å²) in [5.74, 6) is 2.30. The summed E-state index contributed by atoms with van der Waals surface area (Å²) in [6.07, 6.45) is 7.92. The average molecular weight is 597 g/mol. The molecule has 43 heavy (non-hydrogen) atoms. The largest absolute Gasteiger partial charge is 0.349 e. The Bertz CT molecular complexity index is 1080. The van der Waals surface area contributed by atoms with Gasteiger partial charge in [-0.25, -0.2) is 10.3 Å². The van der Waals surface area contributed by atoms with Crippen LogP contribution >= 0.6 is 0 Å². The number of nitrogens with zero attached hydrogens (tertiary/aromatic N) is 4. The molecule has 244 valence electrons. The molecule has 4 heterocycles. The van der Waals surface area contributed by atoms with Gasteiger partial charge >= 0.3 is 0 Å². The van der Waals surface area contributed by atoms with Crippen LogP contribution < -0.4 is 26.6 Å². The third-order valence-electron chi connectivity index (χ3n) is 9.17. The molecule has 4 N–H and O–H groups in total. The molecule has 4 rings (SSSR count). The number of aliphatic imine (C=N–C) groups is 3. The van der Waals surface area contributed by atoms with Gasteiger partial charge in [-0.2, -0.15) is 9.98 Å². The smallest absolute Gasteiger partial charge is 0.226 e. The molecule has 0 aliphatic carbocycles. The van der Waals surface area contributed by atoms with Gasteiger partial charge in [-0.3, -0.25) is 0 Å². The predicted molar refractivity (Wildman–Crippen MR) is 183 cm³/mol. The van der Waals surface area contributed by atoms with Crippen molar-refractivity contribution in [3.63, 3.8) is 0 Å². The van der Waals surface area contributed by atoms with Crippen molar-refractivity contribution in [3.05, 3.63) is 6.92 Å². The first kappa shape index (κ1) is 34.5. The van der Waals surface area contributed by atoms with Gasteiger partial charge in [0.15, 0.2) is 17.2 Å². The van der Waals surface area contributed by atoms with Crippen molar-refractivity contribution < 1.29 is 0 Å². The molecule has 0 aromatic carbocycles. The van der Waals surface area contributed by atoms with Crippen LogP contribution in [0.4, 0.5) is 0 Å². The maximum absolute atomic E-state index is 5.80. The lowest BCUT2D eigenvalue weighted by molar-refractivity contribution is 0.114. The van der Waals surface area contributed by atoms with Crippen molar-refractivity contribution in [1.29, 1.82) is 0 Å². The SMILES string of the molecule is [CH2]CCCC(NC1CC(C)(C)NC(C)(C)C1)C1([N]C2CC(C)(C)NC(C)(C)C2)C2=NC(NC(C)(C)CC(C)(C)C)=NC1=N2. The fraction of sp³-hybridized carbons (Fsp3) is 0.886. The number of guanidine groups is 1. The van der Waals surface area contributed by atoms with Crippen molar-refractivity contribution in [1.82, 2.24) is 26.6 Å².